The van der Waals surface area contributed by atoms with Gasteiger partial charge in [0.15, 0.2) is 0 Å². The Kier molecular flexibility index (Phi) is 3.55. The molecule has 2 rings (SSSR count). The molecule has 0 atom stereocenters. The number of methoxy groups -OCH3 is 1. The Morgan fingerprint density at radius 1 is 1.50 bits per heavy atom. The smallest absolute Gasteiger partial charge is 0.325 e. The standard InChI is InChI=1S/C12H14N4O4/c1-14(2)12-13-9-5-4-8(16(18)19)6-10(9)15(12)7-11(17)20-3/h4-6H,7H2,1-3H3. The topological polar surface area (TPSA) is 90.5 Å². The third kappa shape index (κ3) is 2.40. The van der Waals surface area contributed by atoms with E-state index in [2.05, 4.69) is 9.72 Å². The molecule has 0 saturated heterocycles. The Hall–Kier alpha value is -2.64. The fourth-order valence-electron chi connectivity index (χ4n) is 1.90. The summed E-state index contributed by atoms with van der Waals surface area (Å²) in [5.74, 6) is 0.0878. The third-order valence-electron chi connectivity index (χ3n) is 2.84. The molecule has 2 aromatic rings. The number of ether oxygens (including phenoxy) is 1. The van der Waals surface area contributed by atoms with Gasteiger partial charge in [0.1, 0.15) is 6.54 Å². The molecule has 0 bridgehead atoms. The fourth-order valence-corrected chi connectivity index (χ4v) is 1.90. The number of fused-ring (bicyclic) bond motifs is 1. The highest BCUT2D eigenvalue weighted by molar-refractivity contribution is 5.83. The number of carbonyl (C=O) groups excluding carboxylic acids is 1. The van der Waals surface area contributed by atoms with Crippen molar-refractivity contribution in [2.45, 2.75) is 6.54 Å². The largest absolute Gasteiger partial charge is 0.468 e. The molecule has 1 heterocycles. The molecule has 0 amide bonds. The van der Waals surface area contributed by atoms with Gasteiger partial charge in [0, 0.05) is 26.2 Å². The molecule has 0 N–H and O–H groups in total. The summed E-state index contributed by atoms with van der Waals surface area (Å²) in [5, 5.41) is 10.8. The van der Waals surface area contributed by atoms with Crippen LogP contribution in [0.15, 0.2) is 18.2 Å². The van der Waals surface area contributed by atoms with Crippen LogP contribution in [-0.4, -0.2) is 41.6 Å². The van der Waals surface area contributed by atoms with E-state index in [1.807, 2.05) is 0 Å². The molecule has 0 unspecified atom stereocenters. The van der Waals surface area contributed by atoms with E-state index < -0.39 is 10.9 Å². The summed E-state index contributed by atoms with van der Waals surface area (Å²) in [6.45, 7) is -0.0539. The monoisotopic (exact) mass is 278 g/mol. The number of imidazole rings is 1. The fraction of sp³-hybridized carbons (Fsp3) is 0.333. The van der Waals surface area contributed by atoms with E-state index >= 15 is 0 Å². The number of esters is 1. The van der Waals surface area contributed by atoms with Crippen molar-refractivity contribution < 1.29 is 14.5 Å². The maximum absolute atomic E-state index is 11.5. The van der Waals surface area contributed by atoms with Gasteiger partial charge in [-0.1, -0.05) is 0 Å². The number of aromatic nitrogens is 2. The van der Waals surface area contributed by atoms with Crippen LogP contribution >= 0.6 is 0 Å². The van der Waals surface area contributed by atoms with Crippen LogP contribution in [-0.2, 0) is 16.1 Å². The van der Waals surface area contributed by atoms with E-state index in [-0.39, 0.29) is 12.2 Å². The number of nitro groups is 1. The Morgan fingerprint density at radius 3 is 2.75 bits per heavy atom. The van der Waals surface area contributed by atoms with Crippen molar-refractivity contribution in [3.63, 3.8) is 0 Å². The van der Waals surface area contributed by atoms with Crippen LogP contribution in [0.2, 0.25) is 0 Å². The van der Waals surface area contributed by atoms with Gasteiger partial charge in [-0.3, -0.25) is 19.5 Å². The highest BCUT2D eigenvalue weighted by Gasteiger charge is 2.18. The number of rotatable bonds is 4. The lowest BCUT2D eigenvalue weighted by atomic mass is 10.3. The lowest BCUT2D eigenvalue weighted by Crippen LogP contribution is -2.19. The SMILES string of the molecule is COC(=O)Cn1c(N(C)C)nc2ccc([N+](=O)[O-])cc21. The Bertz CT molecular complexity index is 677. The highest BCUT2D eigenvalue weighted by atomic mass is 16.6. The molecule has 0 aliphatic heterocycles. The first-order chi connectivity index (χ1) is 9.43. The number of carbonyl (C=O) groups is 1. The number of nitro benzene ring substituents is 1. The summed E-state index contributed by atoms with van der Waals surface area (Å²) in [4.78, 5) is 27.9. The number of benzene rings is 1. The molecule has 0 saturated carbocycles. The van der Waals surface area contributed by atoms with Crippen LogP contribution in [0.3, 0.4) is 0 Å². The zero-order valence-electron chi connectivity index (χ0n) is 11.4. The molecule has 0 aliphatic carbocycles. The molecule has 0 spiro atoms. The van der Waals surface area contributed by atoms with Crippen LogP contribution < -0.4 is 4.90 Å². The minimum Gasteiger partial charge on any atom is -0.468 e. The summed E-state index contributed by atoms with van der Waals surface area (Å²) >= 11 is 0. The van der Waals surface area contributed by atoms with Crippen LogP contribution in [0.5, 0.6) is 0 Å². The van der Waals surface area contributed by atoms with Gasteiger partial charge in [0.05, 0.1) is 23.1 Å². The second-order valence-corrected chi connectivity index (χ2v) is 4.40. The van der Waals surface area contributed by atoms with Crippen molar-refractivity contribution >= 4 is 28.6 Å². The molecule has 8 nitrogen and oxygen atoms in total. The number of hydrogen-bond acceptors (Lipinski definition) is 6. The summed E-state index contributed by atoms with van der Waals surface area (Å²) < 4.78 is 6.24. The quantitative estimate of drug-likeness (QED) is 0.474. The first-order valence-electron chi connectivity index (χ1n) is 5.83. The molecule has 8 heteroatoms. The van der Waals surface area contributed by atoms with Crippen LogP contribution in [0, 0.1) is 10.1 Å². The van der Waals surface area contributed by atoms with E-state index in [9.17, 15) is 14.9 Å². The second kappa shape index (κ2) is 5.16. The maximum Gasteiger partial charge on any atom is 0.325 e. The van der Waals surface area contributed by atoms with E-state index in [0.29, 0.717) is 17.0 Å². The molecule has 0 fully saturated rings. The number of non-ortho nitro benzene ring substituents is 1. The minimum absolute atomic E-state index is 0.0474. The van der Waals surface area contributed by atoms with Gasteiger partial charge < -0.3 is 9.64 Å². The molecule has 1 aromatic heterocycles. The van der Waals surface area contributed by atoms with Crippen LogP contribution in [0.25, 0.3) is 11.0 Å². The number of anilines is 1. The van der Waals surface area contributed by atoms with Crippen molar-refractivity contribution in [3.05, 3.63) is 28.3 Å². The van der Waals surface area contributed by atoms with Gasteiger partial charge in [0.25, 0.3) is 5.69 Å². The average Bonchev–Trinajstić information content (AvgIpc) is 2.76. The van der Waals surface area contributed by atoms with Gasteiger partial charge in [0.2, 0.25) is 5.95 Å². The average molecular weight is 278 g/mol. The van der Waals surface area contributed by atoms with Crippen LogP contribution in [0.4, 0.5) is 11.6 Å². The number of nitrogens with zero attached hydrogens (tertiary/aromatic N) is 4. The summed E-state index contributed by atoms with van der Waals surface area (Å²) in [6, 6.07) is 4.35. The zero-order chi connectivity index (χ0) is 14.9. The Labute approximate surface area is 114 Å². The Morgan fingerprint density at radius 2 is 2.20 bits per heavy atom. The van der Waals surface area contributed by atoms with Crippen molar-refractivity contribution in [1.29, 1.82) is 0 Å². The first kappa shape index (κ1) is 13.8. The predicted octanol–water partition coefficient (Wildman–Crippen LogP) is 1.18. The van der Waals surface area contributed by atoms with Gasteiger partial charge in [-0.05, 0) is 6.07 Å². The lowest BCUT2D eigenvalue weighted by Gasteiger charge is -2.13. The van der Waals surface area contributed by atoms with Crippen molar-refractivity contribution in [3.8, 4) is 0 Å². The molecule has 106 valence electrons. The molecular formula is C12H14N4O4. The minimum atomic E-state index is -0.482. The van der Waals surface area contributed by atoms with Gasteiger partial charge in [-0.2, -0.15) is 0 Å². The third-order valence-corrected chi connectivity index (χ3v) is 2.84. The number of hydrogen-bond donors (Lipinski definition) is 0. The highest BCUT2D eigenvalue weighted by Crippen LogP contribution is 2.25. The molecular weight excluding hydrogens is 264 g/mol. The molecule has 0 aliphatic rings. The van der Waals surface area contributed by atoms with Gasteiger partial charge >= 0.3 is 5.97 Å². The molecule has 20 heavy (non-hydrogen) atoms. The van der Waals surface area contributed by atoms with Gasteiger partial charge in [-0.15, -0.1) is 0 Å². The first-order valence-corrected chi connectivity index (χ1v) is 5.83. The van der Waals surface area contributed by atoms with Crippen molar-refractivity contribution in [1.82, 2.24) is 9.55 Å². The summed E-state index contributed by atoms with van der Waals surface area (Å²) in [7, 11) is 4.85. The van der Waals surface area contributed by atoms with Crippen molar-refractivity contribution in [2.75, 3.05) is 26.1 Å². The van der Waals surface area contributed by atoms with E-state index in [1.165, 1.54) is 19.2 Å². The zero-order valence-corrected chi connectivity index (χ0v) is 11.4. The van der Waals surface area contributed by atoms with E-state index in [4.69, 9.17) is 0 Å². The van der Waals surface area contributed by atoms with Crippen molar-refractivity contribution in [2.24, 2.45) is 0 Å². The Balaban J connectivity index is 2.64. The predicted molar refractivity (Wildman–Crippen MR) is 72.7 cm³/mol. The normalized spacial score (nSPS) is 10.6. The lowest BCUT2D eigenvalue weighted by molar-refractivity contribution is -0.384. The van der Waals surface area contributed by atoms with E-state index in [1.54, 1.807) is 29.6 Å². The summed E-state index contributed by atoms with van der Waals surface area (Å²) in [6.07, 6.45) is 0. The van der Waals surface area contributed by atoms with Crippen LogP contribution in [0.1, 0.15) is 0 Å². The van der Waals surface area contributed by atoms with Gasteiger partial charge in [-0.25, -0.2) is 4.98 Å². The maximum atomic E-state index is 11.5. The molecule has 0 radical (unpaired) electrons. The van der Waals surface area contributed by atoms with E-state index in [0.717, 1.165) is 0 Å². The summed E-state index contributed by atoms with van der Waals surface area (Å²) in [5.41, 5.74) is 1.06. The second-order valence-electron chi connectivity index (χ2n) is 4.40. The molecule has 1 aromatic carbocycles.